The average Bonchev–Trinajstić information content (AvgIpc) is 3.12. The van der Waals surface area contributed by atoms with Crippen LogP contribution < -0.4 is 0 Å². The molecule has 0 radical (unpaired) electrons. The molecule has 0 aliphatic heterocycles. The van der Waals surface area contributed by atoms with Crippen LogP contribution in [0.4, 0.5) is 0 Å². The highest BCUT2D eigenvalue weighted by Crippen LogP contribution is 2.15. The minimum absolute atomic E-state index is 0.00190. The minimum atomic E-state index is -0.00190. The van der Waals surface area contributed by atoms with Gasteiger partial charge in [-0.25, -0.2) is 0 Å². The molecule has 0 aliphatic carbocycles. The van der Waals surface area contributed by atoms with Crippen LogP contribution in [0.3, 0.4) is 0 Å². The molecule has 5 heteroatoms. The van der Waals surface area contributed by atoms with Gasteiger partial charge in [0.2, 0.25) is 5.91 Å². The number of likely N-dealkylation sites (N-methyl/N-ethyl adjacent to an activating group) is 1. The Morgan fingerprint density at radius 3 is 2.50 bits per heavy atom. The second kappa shape index (κ2) is 9.79. The van der Waals surface area contributed by atoms with Gasteiger partial charge in [-0.1, -0.05) is 38.1 Å². The van der Waals surface area contributed by atoms with Gasteiger partial charge in [0.25, 0.3) is 0 Å². The maximum Gasteiger partial charge on any atom is 0.237 e. The Balaban J connectivity index is 1.92. The molecule has 0 aliphatic rings. The smallest absolute Gasteiger partial charge is 0.237 e. The summed E-state index contributed by atoms with van der Waals surface area (Å²) >= 11 is 0. The lowest BCUT2D eigenvalue weighted by molar-refractivity contribution is -0.133. The number of rotatable bonds is 9. The monoisotopic (exact) mass is 353 g/mol. The summed E-state index contributed by atoms with van der Waals surface area (Å²) in [5.41, 5.74) is 2.49. The Kier molecular flexibility index (Phi) is 7.43. The number of carbonyl (C=O) groups excluding carboxylic acids is 1. The van der Waals surface area contributed by atoms with Crippen molar-refractivity contribution in [3.63, 3.8) is 0 Å². The van der Waals surface area contributed by atoms with E-state index in [4.69, 9.17) is 9.68 Å². The van der Waals surface area contributed by atoms with Crippen molar-refractivity contribution in [3.05, 3.63) is 59.5 Å². The van der Waals surface area contributed by atoms with E-state index >= 15 is 0 Å². The first-order valence-electron chi connectivity index (χ1n) is 8.94. The molecule has 138 valence electrons. The predicted molar refractivity (Wildman–Crippen MR) is 101 cm³/mol. The van der Waals surface area contributed by atoms with E-state index in [1.165, 1.54) is 11.1 Å². The molecule has 0 saturated carbocycles. The molecular formula is C21H27N3O2. The van der Waals surface area contributed by atoms with Gasteiger partial charge in [0.05, 0.1) is 31.8 Å². The lowest BCUT2D eigenvalue weighted by Crippen LogP contribution is -2.38. The van der Waals surface area contributed by atoms with Crippen LogP contribution in [0.15, 0.2) is 47.1 Å². The van der Waals surface area contributed by atoms with Crippen molar-refractivity contribution in [1.82, 2.24) is 9.80 Å². The van der Waals surface area contributed by atoms with E-state index < -0.39 is 0 Å². The van der Waals surface area contributed by atoms with E-state index in [0.717, 1.165) is 5.76 Å². The number of amides is 1. The highest BCUT2D eigenvalue weighted by atomic mass is 16.3. The summed E-state index contributed by atoms with van der Waals surface area (Å²) in [5.74, 6) is 1.24. The Morgan fingerprint density at radius 2 is 1.92 bits per heavy atom. The van der Waals surface area contributed by atoms with Gasteiger partial charge >= 0.3 is 0 Å². The van der Waals surface area contributed by atoms with Crippen LogP contribution in [0.5, 0.6) is 0 Å². The molecule has 5 nitrogen and oxygen atoms in total. The van der Waals surface area contributed by atoms with E-state index in [9.17, 15) is 4.79 Å². The summed E-state index contributed by atoms with van der Waals surface area (Å²) < 4.78 is 5.33. The number of furan rings is 1. The van der Waals surface area contributed by atoms with Crippen LogP contribution in [0.1, 0.15) is 43.1 Å². The van der Waals surface area contributed by atoms with E-state index in [1.54, 1.807) is 17.2 Å². The van der Waals surface area contributed by atoms with Crippen molar-refractivity contribution in [1.29, 1.82) is 5.26 Å². The summed E-state index contributed by atoms with van der Waals surface area (Å²) in [4.78, 5) is 16.3. The highest BCUT2D eigenvalue weighted by molar-refractivity contribution is 5.78. The first-order valence-corrected chi connectivity index (χ1v) is 8.94. The molecule has 2 aromatic rings. The summed E-state index contributed by atoms with van der Waals surface area (Å²) in [5, 5.41) is 8.84. The molecule has 0 saturated heterocycles. The Morgan fingerprint density at radius 1 is 1.19 bits per heavy atom. The van der Waals surface area contributed by atoms with E-state index in [0.29, 0.717) is 38.5 Å². The number of nitrogens with zero attached hydrogens (tertiary/aromatic N) is 3. The summed E-state index contributed by atoms with van der Waals surface area (Å²) in [7, 11) is 1.93. The average molecular weight is 353 g/mol. The number of hydrogen-bond acceptors (Lipinski definition) is 4. The zero-order chi connectivity index (χ0) is 18.9. The zero-order valence-electron chi connectivity index (χ0n) is 15.8. The third-order valence-electron chi connectivity index (χ3n) is 4.28. The fraction of sp³-hybridized carbons (Fsp3) is 0.429. The standard InChI is InChI=1S/C21H27N3O2/c1-17(2)19-9-7-18(8-10-19)14-23(3)16-21(25)24(12-5-11-22)15-20-6-4-13-26-20/h4,6-10,13,17H,5,12,14-16H2,1-3H3. The molecule has 1 heterocycles. The number of benzene rings is 1. The summed E-state index contributed by atoms with van der Waals surface area (Å²) in [6, 6.07) is 14.3. The Bertz CT molecular complexity index is 715. The second-order valence-electron chi connectivity index (χ2n) is 6.87. The van der Waals surface area contributed by atoms with Gasteiger partial charge in [0.1, 0.15) is 5.76 Å². The lowest BCUT2D eigenvalue weighted by atomic mass is 10.0. The Hall–Kier alpha value is -2.58. The second-order valence-corrected chi connectivity index (χ2v) is 6.87. The lowest BCUT2D eigenvalue weighted by Gasteiger charge is -2.24. The van der Waals surface area contributed by atoms with E-state index in [-0.39, 0.29) is 5.91 Å². The number of nitriles is 1. The van der Waals surface area contributed by atoms with Gasteiger partial charge in [0.15, 0.2) is 0 Å². The van der Waals surface area contributed by atoms with Gasteiger partial charge in [-0.3, -0.25) is 9.69 Å². The van der Waals surface area contributed by atoms with Gasteiger partial charge < -0.3 is 9.32 Å². The van der Waals surface area contributed by atoms with Crippen LogP contribution in [0.2, 0.25) is 0 Å². The maximum atomic E-state index is 12.7. The molecule has 2 rings (SSSR count). The molecule has 0 atom stereocenters. The molecular weight excluding hydrogens is 326 g/mol. The number of carbonyl (C=O) groups is 1. The molecule has 0 unspecified atom stereocenters. The third-order valence-corrected chi connectivity index (χ3v) is 4.28. The van der Waals surface area contributed by atoms with Crippen LogP contribution >= 0.6 is 0 Å². The van der Waals surface area contributed by atoms with Crippen molar-refractivity contribution in [2.24, 2.45) is 0 Å². The molecule has 0 fully saturated rings. The highest BCUT2D eigenvalue weighted by Gasteiger charge is 2.17. The topological polar surface area (TPSA) is 60.5 Å². The van der Waals surface area contributed by atoms with Crippen molar-refractivity contribution in [2.75, 3.05) is 20.1 Å². The van der Waals surface area contributed by atoms with Crippen molar-refractivity contribution in [3.8, 4) is 6.07 Å². The summed E-state index contributed by atoms with van der Waals surface area (Å²) in [6.07, 6.45) is 1.90. The largest absolute Gasteiger partial charge is 0.467 e. The first-order chi connectivity index (χ1) is 12.5. The molecule has 1 aromatic carbocycles. The predicted octanol–water partition coefficient (Wildman–Crippen LogP) is 3.78. The third kappa shape index (κ3) is 6.05. The molecule has 0 bridgehead atoms. The molecule has 26 heavy (non-hydrogen) atoms. The van der Waals surface area contributed by atoms with Crippen molar-refractivity contribution < 1.29 is 9.21 Å². The number of hydrogen-bond donors (Lipinski definition) is 0. The van der Waals surface area contributed by atoms with E-state index in [2.05, 4.69) is 44.2 Å². The van der Waals surface area contributed by atoms with Gasteiger partial charge in [-0.15, -0.1) is 0 Å². The SMILES string of the molecule is CC(C)c1ccc(CN(C)CC(=O)N(CCC#N)Cc2ccco2)cc1. The fourth-order valence-electron chi connectivity index (χ4n) is 2.77. The van der Waals surface area contributed by atoms with Crippen molar-refractivity contribution >= 4 is 5.91 Å². The molecule has 1 aromatic heterocycles. The molecule has 0 spiro atoms. The van der Waals surface area contributed by atoms with Gasteiger partial charge in [-0.05, 0) is 36.2 Å². The van der Waals surface area contributed by atoms with Gasteiger partial charge in [-0.2, -0.15) is 5.26 Å². The zero-order valence-corrected chi connectivity index (χ0v) is 15.8. The van der Waals surface area contributed by atoms with Gasteiger partial charge in [0, 0.05) is 13.1 Å². The normalized spacial score (nSPS) is 10.9. The van der Waals surface area contributed by atoms with Crippen molar-refractivity contribution in [2.45, 2.75) is 39.3 Å². The molecule has 1 amide bonds. The van der Waals surface area contributed by atoms with Crippen LogP contribution in [0, 0.1) is 11.3 Å². The van der Waals surface area contributed by atoms with Crippen LogP contribution in [-0.2, 0) is 17.9 Å². The molecule has 0 N–H and O–H groups in total. The first kappa shape index (κ1) is 19.7. The maximum absolute atomic E-state index is 12.7. The quantitative estimate of drug-likeness (QED) is 0.688. The van der Waals surface area contributed by atoms with Crippen LogP contribution in [-0.4, -0.2) is 35.8 Å². The fourth-order valence-corrected chi connectivity index (χ4v) is 2.77. The minimum Gasteiger partial charge on any atom is -0.467 e. The summed E-state index contributed by atoms with van der Waals surface area (Å²) in [6.45, 7) is 6.16. The van der Waals surface area contributed by atoms with Crippen LogP contribution in [0.25, 0.3) is 0 Å². The Labute approximate surface area is 155 Å². The van der Waals surface area contributed by atoms with E-state index in [1.807, 2.05) is 18.0 Å².